The molecular weight excluding hydrogens is 408 g/mol. The fourth-order valence-corrected chi connectivity index (χ4v) is 4.95. The molecule has 0 saturated heterocycles. The maximum Gasteiger partial charge on any atom is 0.209 e. The molecule has 0 N–H and O–H groups in total. The van der Waals surface area contributed by atoms with Gasteiger partial charge in [-0.3, -0.25) is 4.90 Å². The summed E-state index contributed by atoms with van der Waals surface area (Å²) in [6.45, 7) is 5.15. The molecule has 0 aliphatic heterocycles. The number of oxazole rings is 1. The minimum atomic E-state index is 0.322. The van der Waals surface area contributed by atoms with Crippen LogP contribution in [0.1, 0.15) is 43.3 Å². The highest BCUT2D eigenvalue weighted by Crippen LogP contribution is 2.42. The number of ether oxygens (including phenoxy) is 1. The molecule has 3 aromatic carbocycles. The Kier molecular flexibility index (Phi) is 6.01. The highest BCUT2D eigenvalue weighted by atomic mass is 16.5. The summed E-state index contributed by atoms with van der Waals surface area (Å²) < 4.78 is 12.1. The summed E-state index contributed by atoms with van der Waals surface area (Å²) in [6, 6.07) is 27.6. The van der Waals surface area contributed by atoms with Gasteiger partial charge in [-0.15, -0.1) is 0 Å². The molecule has 4 aromatic rings. The zero-order valence-corrected chi connectivity index (χ0v) is 19.5. The lowest BCUT2D eigenvalue weighted by Crippen LogP contribution is -2.33. The van der Waals surface area contributed by atoms with Crippen LogP contribution in [0.5, 0.6) is 5.75 Å². The van der Waals surface area contributed by atoms with Crippen molar-refractivity contribution < 1.29 is 9.15 Å². The van der Waals surface area contributed by atoms with E-state index >= 15 is 0 Å². The number of hydrogen-bond acceptors (Lipinski definition) is 4. The van der Waals surface area contributed by atoms with Gasteiger partial charge in [0.2, 0.25) is 5.89 Å². The van der Waals surface area contributed by atoms with Crippen LogP contribution in [0.3, 0.4) is 0 Å². The van der Waals surface area contributed by atoms with Crippen LogP contribution in [0.4, 0.5) is 0 Å². The molecule has 0 saturated carbocycles. The highest BCUT2D eigenvalue weighted by Gasteiger charge is 2.32. The lowest BCUT2D eigenvalue weighted by molar-refractivity contribution is 0.130. The molecule has 0 fully saturated rings. The van der Waals surface area contributed by atoms with E-state index in [9.17, 15) is 0 Å². The van der Waals surface area contributed by atoms with Crippen LogP contribution in [-0.2, 0) is 13.0 Å². The number of nitrogens with zero attached hydrogens (tertiary/aromatic N) is 2. The lowest BCUT2D eigenvalue weighted by atomic mass is 10.0. The van der Waals surface area contributed by atoms with Gasteiger partial charge in [-0.2, -0.15) is 0 Å². The second-order valence-electron chi connectivity index (χ2n) is 8.87. The van der Waals surface area contributed by atoms with Crippen molar-refractivity contribution in [3.8, 4) is 28.3 Å². The van der Waals surface area contributed by atoms with Gasteiger partial charge in [-0.05, 0) is 43.9 Å². The Bertz CT molecular complexity index is 1160. The fourth-order valence-electron chi connectivity index (χ4n) is 4.95. The van der Waals surface area contributed by atoms with Gasteiger partial charge in [0, 0.05) is 23.2 Å². The Balaban J connectivity index is 1.52. The average molecular weight is 439 g/mol. The molecule has 1 aliphatic carbocycles. The largest absolute Gasteiger partial charge is 0.496 e. The number of rotatable bonds is 7. The fraction of sp³-hybridized carbons (Fsp3) is 0.276. The van der Waals surface area contributed by atoms with Crippen LogP contribution in [0.2, 0.25) is 0 Å². The molecule has 0 amide bonds. The first-order valence-corrected chi connectivity index (χ1v) is 11.7. The first kappa shape index (κ1) is 21.5. The van der Waals surface area contributed by atoms with Crippen molar-refractivity contribution in [2.24, 2.45) is 0 Å². The zero-order chi connectivity index (χ0) is 22.8. The molecule has 1 aliphatic rings. The van der Waals surface area contributed by atoms with Crippen molar-refractivity contribution in [3.63, 3.8) is 0 Å². The maximum absolute atomic E-state index is 6.45. The number of benzene rings is 3. The number of methoxy groups -OCH3 is 1. The summed E-state index contributed by atoms with van der Waals surface area (Å²) in [5, 5.41) is 0. The van der Waals surface area contributed by atoms with E-state index in [1.54, 1.807) is 7.11 Å². The van der Waals surface area contributed by atoms with Crippen LogP contribution in [0, 0.1) is 0 Å². The molecular formula is C29H30N2O2. The zero-order valence-electron chi connectivity index (χ0n) is 19.5. The van der Waals surface area contributed by atoms with Crippen molar-refractivity contribution >= 4 is 0 Å². The second kappa shape index (κ2) is 9.24. The van der Waals surface area contributed by atoms with Crippen molar-refractivity contribution in [2.45, 2.75) is 45.3 Å². The summed E-state index contributed by atoms with van der Waals surface area (Å²) in [6.07, 6.45) is 2.11. The molecule has 0 radical (unpaired) electrons. The average Bonchev–Trinajstić information content (AvgIpc) is 3.48. The molecule has 1 heterocycles. The normalized spacial score (nSPS) is 15.2. The van der Waals surface area contributed by atoms with E-state index in [0.717, 1.165) is 47.1 Å². The molecule has 1 unspecified atom stereocenters. The van der Waals surface area contributed by atoms with E-state index in [4.69, 9.17) is 14.1 Å². The van der Waals surface area contributed by atoms with E-state index in [1.807, 2.05) is 36.4 Å². The molecule has 1 atom stereocenters. The minimum Gasteiger partial charge on any atom is -0.496 e. The van der Waals surface area contributed by atoms with Crippen LogP contribution in [0.15, 0.2) is 83.3 Å². The van der Waals surface area contributed by atoms with E-state index in [0.29, 0.717) is 18.6 Å². The van der Waals surface area contributed by atoms with Gasteiger partial charge in [0.1, 0.15) is 11.4 Å². The summed E-state index contributed by atoms with van der Waals surface area (Å²) in [5.74, 6) is 2.57. The Hall–Kier alpha value is -3.37. The monoisotopic (exact) mass is 438 g/mol. The number of hydrogen-bond donors (Lipinski definition) is 0. The standard InChI is InChI=1S/C29H30N2O2/c1-20(2)31(25-18-17-24-23(25)15-10-16-26(24)32-3)19-27-30-28(21-11-6-4-7-12-21)29(33-27)22-13-8-5-9-14-22/h4-16,20,25H,17-19H2,1-3H3. The van der Waals surface area contributed by atoms with Gasteiger partial charge in [0.25, 0.3) is 0 Å². The lowest BCUT2D eigenvalue weighted by Gasteiger charge is -2.32. The van der Waals surface area contributed by atoms with Gasteiger partial charge in [-0.1, -0.05) is 72.8 Å². The molecule has 5 rings (SSSR count). The third kappa shape index (κ3) is 4.19. The van der Waals surface area contributed by atoms with Crippen LogP contribution < -0.4 is 4.74 Å². The summed E-state index contributed by atoms with van der Waals surface area (Å²) >= 11 is 0. The van der Waals surface area contributed by atoms with Gasteiger partial charge < -0.3 is 9.15 Å². The van der Waals surface area contributed by atoms with Crippen molar-refractivity contribution in [2.75, 3.05) is 7.11 Å². The summed E-state index contributed by atoms with van der Waals surface area (Å²) in [4.78, 5) is 7.51. The van der Waals surface area contributed by atoms with Crippen LogP contribution in [-0.4, -0.2) is 23.0 Å². The molecule has 33 heavy (non-hydrogen) atoms. The highest BCUT2D eigenvalue weighted by molar-refractivity contribution is 5.76. The maximum atomic E-state index is 6.45. The Morgan fingerprint density at radius 2 is 1.64 bits per heavy atom. The second-order valence-corrected chi connectivity index (χ2v) is 8.87. The first-order valence-electron chi connectivity index (χ1n) is 11.7. The molecule has 1 aromatic heterocycles. The van der Waals surface area contributed by atoms with Crippen LogP contribution in [0.25, 0.3) is 22.6 Å². The van der Waals surface area contributed by atoms with Gasteiger partial charge in [0.05, 0.1) is 13.7 Å². The number of fused-ring (bicyclic) bond motifs is 1. The van der Waals surface area contributed by atoms with Crippen molar-refractivity contribution in [1.82, 2.24) is 9.88 Å². The van der Waals surface area contributed by atoms with Crippen LogP contribution >= 0.6 is 0 Å². The predicted octanol–water partition coefficient (Wildman–Crippen LogP) is 6.92. The molecule has 4 nitrogen and oxygen atoms in total. The summed E-state index contributed by atoms with van der Waals surface area (Å²) in [5.41, 5.74) is 5.70. The Morgan fingerprint density at radius 3 is 2.30 bits per heavy atom. The molecule has 4 heteroatoms. The van der Waals surface area contributed by atoms with E-state index in [1.165, 1.54) is 11.1 Å². The van der Waals surface area contributed by atoms with Gasteiger partial charge in [-0.25, -0.2) is 4.98 Å². The minimum absolute atomic E-state index is 0.322. The third-order valence-corrected chi connectivity index (χ3v) is 6.55. The van der Waals surface area contributed by atoms with Gasteiger partial charge in [0.15, 0.2) is 5.76 Å². The quantitative estimate of drug-likeness (QED) is 0.314. The molecule has 0 spiro atoms. The SMILES string of the molecule is COc1cccc2c1CCC2N(Cc1nc(-c2ccccc2)c(-c2ccccc2)o1)C(C)C. The predicted molar refractivity (Wildman–Crippen MR) is 132 cm³/mol. The van der Waals surface area contributed by atoms with E-state index < -0.39 is 0 Å². The van der Waals surface area contributed by atoms with Gasteiger partial charge >= 0.3 is 0 Å². The van der Waals surface area contributed by atoms with E-state index in [-0.39, 0.29) is 0 Å². The summed E-state index contributed by atoms with van der Waals surface area (Å²) in [7, 11) is 1.76. The Morgan fingerprint density at radius 1 is 0.939 bits per heavy atom. The van der Waals surface area contributed by atoms with Crippen molar-refractivity contribution in [1.29, 1.82) is 0 Å². The topological polar surface area (TPSA) is 38.5 Å². The third-order valence-electron chi connectivity index (χ3n) is 6.55. The number of aromatic nitrogens is 1. The van der Waals surface area contributed by atoms with Crippen molar-refractivity contribution in [3.05, 3.63) is 95.9 Å². The first-order chi connectivity index (χ1) is 16.2. The van der Waals surface area contributed by atoms with E-state index in [2.05, 4.69) is 61.2 Å². The molecule has 168 valence electrons. The molecule has 0 bridgehead atoms. The Labute approximate surface area is 195 Å². The smallest absolute Gasteiger partial charge is 0.209 e.